The minimum atomic E-state index is -2.70. The van der Waals surface area contributed by atoms with Gasteiger partial charge in [0.15, 0.2) is 0 Å². The first-order valence-corrected chi connectivity index (χ1v) is 6.41. The minimum Gasteiger partial charge on any atom is -0.335 e. The summed E-state index contributed by atoms with van der Waals surface area (Å²) >= 11 is 0. The zero-order valence-corrected chi connectivity index (χ0v) is 11.1. The first kappa shape index (κ1) is 13.5. The van der Waals surface area contributed by atoms with Gasteiger partial charge >= 0.3 is 6.03 Å². The van der Waals surface area contributed by atoms with Crippen LogP contribution in [0.1, 0.15) is 20.8 Å². The molecule has 2 saturated heterocycles. The second-order valence-corrected chi connectivity index (χ2v) is 5.93. The normalized spacial score (nSPS) is 26.2. The highest BCUT2D eigenvalue weighted by atomic mass is 19.3. The first-order valence-electron chi connectivity index (χ1n) is 6.41. The second kappa shape index (κ2) is 4.33. The molecule has 0 aromatic carbocycles. The summed E-state index contributed by atoms with van der Waals surface area (Å²) in [5.74, 6) is -2.37. The summed E-state index contributed by atoms with van der Waals surface area (Å²) in [7, 11) is 0. The summed E-state index contributed by atoms with van der Waals surface area (Å²) in [6.07, 6.45) is 0. The molecule has 2 fully saturated rings. The van der Waals surface area contributed by atoms with Gasteiger partial charge in [0, 0.05) is 25.7 Å². The molecule has 0 aliphatic carbocycles. The number of hydrogen-bond acceptors (Lipinski definition) is 2. The lowest BCUT2D eigenvalue weighted by Gasteiger charge is -2.50. The average molecular weight is 261 g/mol. The molecule has 1 atom stereocenters. The van der Waals surface area contributed by atoms with Crippen LogP contribution in [-0.4, -0.2) is 49.1 Å². The van der Waals surface area contributed by atoms with Crippen molar-refractivity contribution in [1.29, 1.82) is 0 Å². The number of carbonyl (C=O) groups excluding carboxylic acids is 1. The van der Waals surface area contributed by atoms with Gasteiger partial charge in [0.25, 0.3) is 5.92 Å². The van der Waals surface area contributed by atoms with E-state index in [0.29, 0.717) is 12.5 Å². The number of hydrogen-bond donors (Lipinski definition) is 2. The lowest BCUT2D eigenvalue weighted by molar-refractivity contribution is -0.142. The quantitative estimate of drug-likeness (QED) is 0.786. The zero-order chi connectivity index (χ0) is 13.6. The summed E-state index contributed by atoms with van der Waals surface area (Å²) in [6, 6.07) is -0.180. The lowest BCUT2D eigenvalue weighted by Crippen LogP contribution is -2.67. The van der Waals surface area contributed by atoms with E-state index in [1.807, 2.05) is 20.8 Å². The standard InChI is InChI=1S/C12H21F2N3O/c1-8(2)9(3)16-10(18)17-6-11(7-17)4-15-5-12(11,13)14/h8-9,15H,4-7H2,1-3H3,(H,16,18). The van der Waals surface area contributed by atoms with E-state index in [-0.39, 0.29) is 31.7 Å². The van der Waals surface area contributed by atoms with Crippen molar-refractivity contribution in [2.24, 2.45) is 11.3 Å². The molecular weight excluding hydrogens is 240 g/mol. The van der Waals surface area contributed by atoms with Crippen molar-refractivity contribution < 1.29 is 13.6 Å². The predicted octanol–water partition coefficient (Wildman–Crippen LogP) is 1.28. The number of amides is 2. The molecule has 0 aromatic rings. The summed E-state index contributed by atoms with van der Waals surface area (Å²) in [6.45, 7) is 6.25. The van der Waals surface area contributed by atoms with Crippen molar-refractivity contribution in [3.63, 3.8) is 0 Å². The molecule has 2 amide bonds. The van der Waals surface area contributed by atoms with E-state index < -0.39 is 11.3 Å². The summed E-state index contributed by atoms with van der Waals surface area (Å²) in [5.41, 5.74) is -1.04. The molecule has 1 spiro atoms. The van der Waals surface area contributed by atoms with Crippen LogP contribution in [0.5, 0.6) is 0 Å². The summed E-state index contributed by atoms with van der Waals surface area (Å²) in [5, 5.41) is 5.55. The predicted molar refractivity (Wildman–Crippen MR) is 64.7 cm³/mol. The van der Waals surface area contributed by atoms with E-state index in [1.165, 1.54) is 4.90 Å². The van der Waals surface area contributed by atoms with Crippen molar-refractivity contribution in [3.05, 3.63) is 0 Å². The molecular formula is C12H21F2N3O. The highest BCUT2D eigenvalue weighted by Gasteiger charge is 2.64. The third-order valence-electron chi connectivity index (χ3n) is 4.21. The van der Waals surface area contributed by atoms with E-state index in [4.69, 9.17) is 0 Å². The number of rotatable bonds is 2. The maximum Gasteiger partial charge on any atom is 0.317 e. The molecule has 0 saturated carbocycles. The van der Waals surface area contributed by atoms with Crippen molar-refractivity contribution in [2.75, 3.05) is 26.2 Å². The van der Waals surface area contributed by atoms with Crippen LogP contribution in [-0.2, 0) is 0 Å². The van der Waals surface area contributed by atoms with Crippen LogP contribution in [0.4, 0.5) is 13.6 Å². The van der Waals surface area contributed by atoms with Crippen molar-refractivity contribution >= 4 is 6.03 Å². The molecule has 0 aromatic heterocycles. The maximum absolute atomic E-state index is 13.7. The molecule has 1 unspecified atom stereocenters. The second-order valence-electron chi connectivity index (χ2n) is 5.93. The van der Waals surface area contributed by atoms with Gasteiger partial charge < -0.3 is 15.5 Å². The Hall–Kier alpha value is -0.910. The van der Waals surface area contributed by atoms with Gasteiger partial charge in [-0.15, -0.1) is 0 Å². The fraction of sp³-hybridized carbons (Fsp3) is 0.917. The Morgan fingerprint density at radius 3 is 2.33 bits per heavy atom. The summed E-state index contributed by atoms with van der Waals surface area (Å²) in [4.78, 5) is 13.3. The third kappa shape index (κ3) is 2.06. The number of alkyl halides is 2. The number of urea groups is 1. The zero-order valence-electron chi connectivity index (χ0n) is 11.1. The van der Waals surface area contributed by atoms with Crippen LogP contribution in [0.25, 0.3) is 0 Å². The fourth-order valence-corrected chi connectivity index (χ4v) is 2.40. The summed E-state index contributed by atoms with van der Waals surface area (Å²) < 4.78 is 27.3. The van der Waals surface area contributed by atoms with E-state index >= 15 is 0 Å². The molecule has 0 bridgehead atoms. The molecule has 104 valence electrons. The Morgan fingerprint density at radius 2 is 1.89 bits per heavy atom. The maximum atomic E-state index is 13.7. The van der Waals surface area contributed by atoms with Crippen molar-refractivity contribution in [2.45, 2.75) is 32.7 Å². The average Bonchev–Trinajstić information content (AvgIpc) is 2.50. The van der Waals surface area contributed by atoms with Gasteiger partial charge in [0.2, 0.25) is 0 Å². The van der Waals surface area contributed by atoms with E-state index in [9.17, 15) is 13.6 Å². The van der Waals surface area contributed by atoms with Crippen molar-refractivity contribution in [1.82, 2.24) is 15.5 Å². The molecule has 4 nitrogen and oxygen atoms in total. The van der Waals surface area contributed by atoms with Gasteiger partial charge in [-0.2, -0.15) is 0 Å². The Morgan fingerprint density at radius 1 is 1.28 bits per heavy atom. The molecule has 2 aliphatic heterocycles. The number of likely N-dealkylation sites (tertiary alicyclic amines) is 1. The molecule has 2 aliphatic rings. The van der Waals surface area contributed by atoms with Crippen LogP contribution in [0.3, 0.4) is 0 Å². The van der Waals surface area contributed by atoms with Crippen LogP contribution in [0.15, 0.2) is 0 Å². The Balaban J connectivity index is 1.87. The van der Waals surface area contributed by atoms with Gasteiger partial charge in [0.05, 0.1) is 12.0 Å². The number of carbonyl (C=O) groups is 1. The highest BCUT2D eigenvalue weighted by molar-refractivity contribution is 5.75. The largest absolute Gasteiger partial charge is 0.335 e. The van der Waals surface area contributed by atoms with Crippen molar-refractivity contribution in [3.8, 4) is 0 Å². The van der Waals surface area contributed by atoms with Gasteiger partial charge in [-0.05, 0) is 12.8 Å². The minimum absolute atomic E-state index is 0.0521. The Kier molecular flexibility index (Phi) is 3.25. The smallest absolute Gasteiger partial charge is 0.317 e. The molecule has 2 heterocycles. The number of halogens is 2. The lowest BCUT2D eigenvalue weighted by atomic mass is 9.76. The Bertz CT molecular complexity index is 340. The SMILES string of the molecule is CC(C)C(C)NC(=O)N1CC2(CNCC2(F)F)C1. The van der Waals surface area contributed by atoms with E-state index in [1.54, 1.807) is 0 Å². The van der Waals surface area contributed by atoms with Gasteiger partial charge in [-0.25, -0.2) is 13.6 Å². The topological polar surface area (TPSA) is 44.4 Å². The number of nitrogens with one attached hydrogen (secondary N) is 2. The van der Waals surface area contributed by atoms with Gasteiger partial charge in [-0.1, -0.05) is 13.8 Å². The van der Waals surface area contributed by atoms with Crippen LogP contribution in [0, 0.1) is 11.3 Å². The van der Waals surface area contributed by atoms with Gasteiger partial charge in [-0.3, -0.25) is 0 Å². The van der Waals surface area contributed by atoms with E-state index in [0.717, 1.165) is 0 Å². The molecule has 0 radical (unpaired) electrons. The molecule has 2 rings (SSSR count). The fourth-order valence-electron chi connectivity index (χ4n) is 2.40. The van der Waals surface area contributed by atoms with Crippen LogP contribution < -0.4 is 10.6 Å². The molecule has 2 N–H and O–H groups in total. The Labute approximate surface area is 106 Å². The highest BCUT2D eigenvalue weighted by Crippen LogP contribution is 2.46. The monoisotopic (exact) mass is 261 g/mol. The van der Waals surface area contributed by atoms with Gasteiger partial charge in [0.1, 0.15) is 0 Å². The number of nitrogens with zero attached hydrogens (tertiary/aromatic N) is 1. The first-order chi connectivity index (χ1) is 8.27. The van der Waals surface area contributed by atoms with Crippen LogP contribution in [0.2, 0.25) is 0 Å². The molecule has 6 heteroatoms. The van der Waals surface area contributed by atoms with Crippen LogP contribution >= 0.6 is 0 Å². The van der Waals surface area contributed by atoms with E-state index in [2.05, 4.69) is 10.6 Å². The molecule has 18 heavy (non-hydrogen) atoms. The third-order valence-corrected chi connectivity index (χ3v) is 4.21.